The van der Waals surface area contributed by atoms with Crippen molar-refractivity contribution in [2.24, 2.45) is 11.8 Å². The van der Waals surface area contributed by atoms with Crippen LogP contribution in [0, 0.1) is 11.8 Å². The van der Waals surface area contributed by atoms with E-state index in [4.69, 9.17) is 4.74 Å². The summed E-state index contributed by atoms with van der Waals surface area (Å²) in [7, 11) is 0. The summed E-state index contributed by atoms with van der Waals surface area (Å²) >= 11 is 0. The van der Waals surface area contributed by atoms with Crippen LogP contribution in [0.2, 0.25) is 0 Å². The Kier molecular flexibility index (Phi) is 4.93. The van der Waals surface area contributed by atoms with Gasteiger partial charge >= 0.3 is 0 Å². The third kappa shape index (κ3) is 3.64. The van der Waals surface area contributed by atoms with Gasteiger partial charge in [-0.1, -0.05) is 6.92 Å². The molecule has 2 rings (SSSR count). The minimum Gasteiger partial charge on any atom is -0.377 e. The highest BCUT2D eigenvalue weighted by Crippen LogP contribution is 2.45. The Morgan fingerprint density at radius 2 is 1.83 bits per heavy atom. The Morgan fingerprint density at radius 3 is 2.44 bits per heavy atom. The van der Waals surface area contributed by atoms with E-state index in [2.05, 4.69) is 0 Å². The lowest BCUT2D eigenvalue weighted by atomic mass is 9.98. The molecule has 0 N–H and O–H groups in total. The van der Waals surface area contributed by atoms with Crippen LogP contribution in [0.1, 0.15) is 58.3 Å². The molecule has 3 unspecified atom stereocenters. The van der Waals surface area contributed by atoms with Crippen LogP contribution in [-0.2, 0) is 14.3 Å². The molecule has 2 aliphatic carbocycles. The summed E-state index contributed by atoms with van der Waals surface area (Å²) in [5.41, 5.74) is 0. The summed E-state index contributed by atoms with van der Waals surface area (Å²) in [6.07, 6.45) is 7.46. The van der Waals surface area contributed by atoms with E-state index in [0.717, 1.165) is 11.8 Å². The molecule has 0 aliphatic heterocycles. The maximum atomic E-state index is 11.6. The van der Waals surface area contributed by atoms with Crippen LogP contribution in [-0.4, -0.2) is 24.3 Å². The smallest absolute Gasteiger partial charge is 0.135 e. The monoisotopic (exact) mass is 252 g/mol. The number of ketones is 2. The van der Waals surface area contributed by atoms with Crippen molar-refractivity contribution in [2.45, 2.75) is 64.4 Å². The molecule has 0 heterocycles. The van der Waals surface area contributed by atoms with Gasteiger partial charge in [0, 0.05) is 25.7 Å². The lowest BCUT2D eigenvalue weighted by Crippen LogP contribution is -2.21. The lowest BCUT2D eigenvalue weighted by Gasteiger charge is -2.21. The molecule has 0 aromatic rings. The third-order valence-corrected chi connectivity index (χ3v) is 4.46. The van der Waals surface area contributed by atoms with Gasteiger partial charge < -0.3 is 4.74 Å². The first-order valence-electron chi connectivity index (χ1n) is 7.34. The summed E-state index contributed by atoms with van der Waals surface area (Å²) in [5.74, 6) is 1.99. The second-order valence-corrected chi connectivity index (χ2v) is 5.77. The van der Waals surface area contributed by atoms with Crippen LogP contribution in [0.25, 0.3) is 0 Å². The molecule has 0 saturated heterocycles. The highest BCUT2D eigenvalue weighted by atomic mass is 16.5. The van der Waals surface area contributed by atoms with Crippen LogP contribution in [0.5, 0.6) is 0 Å². The summed E-state index contributed by atoms with van der Waals surface area (Å²) in [6, 6.07) is 0. The zero-order valence-corrected chi connectivity index (χ0v) is 11.3. The number of ether oxygens (including phenoxy) is 1. The number of hydrogen-bond donors (Lipinski definition) is 0. The maximum absolute atomic E-state index is 11.6. The van der Waals surface area contributed by atoms with E-state index >= 15 is 0 Å². The molecule has 0 radical (unpaired) electrons. The SMILES string of the molecule is CCC(=O)CCC(=O)CCOC1CC2CCC1C2. The highest BCUT2D eigenvalue weighted by Gasteiger charge is 2.39. The van der Waals surface area contributed by atoms with Crippen molar-refractivity contribution in [2.75, 3.05) is 6.61 Å². The van der Waals surface area contributed by atoms with Crippen molar-refractivity contribution in [3.05, 3.63) is 0 Å². The van der Waals surface area contributed by atoms with E-state index in [1.165, 1.54) is 25.7 Å². The van der Waals surface area contributed by atoms with E-state index in [1.54, 1.807) is 0 Å². The Hall–Kier alpha value is -0.700. The number of Topliss-reactive ketones (excluding diaryl/α,β-unsaturated/α-hetero) is 2. The minimum atomic E-state index is 0.167. The van der Waals surface area contributed by atoms with E-state index in [0.29, 0.717) is 38.4 Å². The van der Waals surface area contributed by atoms with Crippen molar-refractivity contribution in [1.29, 1.82) is 0 Å². The fraction of sp³-hybridized carbons (Fsp3) is 0.867. The molecule has 2 aliphatic rings. The molecule has 0 amide bonds. The lowest BCUT2D eigenvalue weighted by molar-refractivity contribution is -0.125. The molecule has 3 atom stereocenters. The van der Waals surface area contributed by atoms with Crippen molar-refractivity contribution in [3.8, 4) is 0 Å². The van der Waals surface area contributed by atoms with Crippen LogP contribution in [0.3, 0.4) is 0 Å². The fourth-order valence-electron chi connectivity index (χ4n) is 3.30. The fourth-order valence-corrected chi connectivity index (χ4v) is 3.30. The van der Waals surface area contributed by atoms with Gasteiger partial charge in [0.05, 0.1) is 12.7 Å². The Morgan fingerprint density at radius 1 is 1.06 bits per heavy atom. The van der Waals surface area contributed by atoms with Gasteiger partial charge in [-0.05, 0) is 37.5 Å². The van der Waals surface area contributed by atoms with Crippen LogP contribution >= 0.6 is 0 Å². The van der Waals surface area contributed by atoms with E-state index in [1.807, 2.05) is 6.92 Å². The average Bonchev–Trinajstić information content (AvgIpc) is 2.98. The number of carbonyl (C=O) groups is 2. The number of carbonyl (C=O) groups excluding carboxylic acids is 2. The van der Waals surface area contributed by atoms with Gasteiger partial charge in [-0.15, -0.1) is 0 Å². The molecule has 18 heavy (non-hydrogen) atoms. The van der Waals surface area contributed by atoms with Crippen LogP contribution < -0.4 is 0 Å². The Balaban J connectivity index is 1.55. The Labute approximate surface area is 109 Å². The summed E-state index contributed by atoms with van der Waals surface area (Å²) in [4.78, 5) is 22.7. The van der Waals surface area contributed by atoms with E-state index in [-0.39, 0.29) is 11.6 Å². The molecular formula is C15H24O3. The zero-order valence-electron chi connectivity index (χ0n) is 11.3. The highest BCUT2D eigenvalue weighted by molar-refractivity contribution is 5.85. The summed E-state index contributed by atoms with van der Waals surface area (Å²) in [5, 5.41) is 0. The molecule has 102 valence electrons. The van der Waals surface area contributed by atoms with E-state index < -0.39 is 0 Å². The predicted molar refractivity (Wildman–Crippen MR) is 69.3 cm³/mol. The Bertz CT molecular complexity index is 311. The van der Waals surface area contributed by atoms with Crippen molar-refractivity contribution < 1.29 is 14.3 Å². The number of fused-ring (bicyclic) bond motifs is 2. The second-order valence-electron chi connectivity index (χ2n) is 5.77. The third-order valence-electron chi connectivity index (χ3n) is 4.46. The molecule has 2 fully saturated rings. The van der Waals surface area contributed by atoms with Gasteiger partial charge in [-0.2, -0.15) is 0 Å². The van der Waals surface area contributed by atoms with E-state index in [9.17, 15) is 9.59 Å². The minimum absolute atomic E-state index is 0.167. The average molecular weight is 252 g/mol. The van der Waals surface area contributed by atoms with Crippen molar-refractivity contribution in [3.63, 3.8) is 0 Å². The predicted octanol–water partition coefficient (Wildman–Crippen LogP) is 2.91. The quantitative estimate of drug-likeness (QED) is 0.667. The maximum Gasteiger partial charge on any atom is 0.135 e. The zero-order chi connectivity index (χ0) is 13.0. The van der Waals surface area contributed by atoms with Crippen LogP contribution in [0.4, 0.5) is 0 Å². The van der Waals surface area contributed by atoms with Gasteiger partial charge in [0.25, 0.3) is 0 Å². The normalized spacial score (nSPS) is 29.7. The summed E-state index contributed by atoms with van der Waals surface area (Å²) in [6.45, 7) is 2.39. The topological polar surface area (TPSA) is 43.4 Å². The molecule has 2 bridgehead atoms. The van der Waals surface area contributed by atoms with Gasteiger partial charge in [-0.3, -0.25) is 9.59 Å². The first kappa shape index (κ1) is 13.7. The molecule has 3 heteroatoms. The first-order valence-corrected chi connectivity index (χ1v) is 7.34. The van der Waals surface area contributed by atoms with Gasteiger partial charge in [-0.25, -0.2) is 0 Å². The number of rotatable bonds is 8. The van der Waals surface area contributed by atoms with Gasteiger partial charge in [0.1, 0.15) is 11.6 Å². The molecular weight excluding hydrogens is 228 g/mol. The second kappa shape index (κ2) is 6.46. The van der Waals surface area contributed by atoms with Crippen molar-refractivity contribution in [1.82, 2.24) is 0 Å². The molecule has 0 aromatic heterocycles. The summed E-state index contributed by atoms with van der Waals surface area (Å²) < 4.78 is 5.83. The number of hydrogen-bond acceptors (Lipinski definition) is 3. The largest absolute Gasteiger partial charge is 0.377 e. The standard InChI is InChI=1S/C15H24O3/c1-2-13(16)5-6-14(17)7-8-18-15-10-11-3-4-12(15)9-11/h11-12,15H,2-10H2,1H3. The molecule has 3 nitrogen and oxygen atoms in total. The van der Waals surface area contributed by atoms with Gasteiger partial charge in [0.2, 0.25) is 0 Å². The molecule has 0 aromatic carbocycles. The molecule has 0 spiro atoms. The molecule has 2 saturated carbocycles. The van der Waals surface area contributed by atoms with Crippen LogP contribution in [0.15, 0.2) is 0 Å². The van der Waals surface area contributed by atoms with Crippen molar-refractivity contribution >= 4 is 11.6 Å². The van der Waals surface area contributed by atoms with Gasteiger partial charge in [0.15, 0.2) is 0 Å². The first-order chi connectivity index (χ1) is 8.69.